The number of thiophene rings is 1. The molecule has 0 aliphatic carbocycles. The number of aryl methyl sites for hydroxylation is 1. The van der Waals surface area contributed by atoms with Gasteiger partial charge in [0.05, 0.1) is 27.6 Å². The van der Waals surface area contributed by atoms with Gasteiger partial charge in [0.25, 0.3) is 15.9 Å². The molecule has 9 heteroatoms. The number of ether oxygens (including phenoxy) is 1. The quantitative estimate of drug-likeness (QED) is 0.318. The van der Waals surface area contributed by atoms with Crippen molar-refractivity contribution in [1.82, 2.24) is 0 Å². The number of methoxy groups -OCH3 is 1. The monoisotopic (exact) mass is 514 g/mol. The number of hydrogen-bond acceptors (Lipinski definition) is 5. The van der Waals surface area contributed by atoms with E-state index in [1.165, 1.54) is 48.0 Å². The van der Waals surface area contributed by atoms with Crippen molar-refractivity contribution in [3.8, 4) is 5.75 Å². The van der Waals surface area contributed by atoms with Gasteiger partial charge in [-0.1, -0.05) is 36.7 Å². The van der Waals surface area contributed by atoms with E-state index in [1.54, 1.807) is 18.2 Å². The van der Waals surface area contributed by atoms with Gasteiger partial charge in [-0.3, -0.25) is 9.10 Å². The maximum atomic E-state index is 13.2. The molecule has 1 amide bonds. The predicted octanol–water partition coefficient (Wildman–Crippen LogP) is 6.20. The molecular formula is C25H23ClN2O4S2. The van der Waals surface area contributed by atoms with Gasteiger partial charge in [-0.2, -0.15) is 0 Å². The zero-order valence-corrected chi connectivity index (χ0v) is 21.2. The second-order valence-corrected chi connectivity index (χ2v) is 11.0. The summed E-state index contributed by atoms with van der Waals surface area (Å²) in [5.74, 6) is 0.202. The van der Waals surface area contributed by atoms with Gasteiger partial charge in [0.15, 0.2) is 0 Å². The molecule has 0 saturated heterocycles. The van der Waals surface area contributed by atoms with Crippen molar-refractivity contribution >= 4 is 60.3 Å². The topological polar surface area (TPSA) is 75.7 Å². The second-order valence-electron chi connectivity index (χ2n) is 7.57. The molecule has 1 N–H and O–H groups in total. The SMILES string of the molecule is CCc1ccccc1NC(=O)c1cc2cc(N(C)S(=O)(=O)c3ccc(OC)c(Cl)c3)ccc2s1. The van der Waals surface area contributed by atoms with Gasteiger partial charge in [0, 0.05) is 17.4 Å². The molecule has 0 fully saturated rings. The van der Waals surface area contributed by atoms with Crippen LogP contribution in [0.4, 0.5) is 11.4 Å². The summed E-state index contributed by atoms with van der Waals surface area (Å²) in [5, 5.41) is 3.98. The molecule has 176 valence electrons. The van der Waals surface area contributed by atoms with E-state index in [0.717, 1.165) is 27.8 Å². The number of hydrogen-bond donors (Lipinski definition) is 1. The van der Waals surface area contributed by atoms with Crippen LogP contribution in [0.2, 0.25) is 5.02 Å². The maximum absolute atomic E-state index is 13.2. The third-order valence-corrected chi connectivity index (χ3v) is 8.71. The highest BCUT2D eigenvalue weighted by Crippen LogP contribution is 2.33. The fourth-order valence-electron chi connectivity index (χ4n) is 3.58. The largest absolute Gasteiger partial charge is 0.495 e. The molecule has 4 rings (SSSR count). The Labute approximate surface area is 207 Å². The van der Waals surface area contributed by atoms with Crippen LogP contribution >= 0.6 is 22.9 Å². The highest BCUT2D eigenvalue weighted by atomic mass is 35.5. The normalized spacial score (nSPS) is 11.4. The highest BCUT2D eigenvalue weighted by molar-refractivity contribution is 7.92. The van der Waals surface area contributed by atoms with Crippen LogP contribution in [0.25, 0.3) is 10.1 Å². The summed E-state index contributed by atoms with van der Waals surface area (Å²) in [6, 6.07) is 19.1. The molecule has 1 heterocycles. The van der Waals surface area contributed by atoms with E-state index in [-0.39, 0.29) is 15.8 Å². The van der Waals surface area contributed by atoms with E-state index >= 15 is 0 Å². The average Bonchev–Trinajstić information content (AvgIpc) is 3.27. The Morgan fingerprint density at radius 3 is 2.56 bits per heavy atom. The summed E-state index contributed by atoms with van der Waals surface area (Å²) in [6.07, 6.45) is 0.812. The number of carbonyl (C=O) groups excluding carboxylic acids is 1. The fraction of sp³-hybridized carbons (Fsp3) is 0.160. The van der Waals surface area contributed by atoms with Crippen molar-refractivity contribution in [3.05, 3.63) is 82.2 Å². The molecule has 0 unspecified atom stereocenters. The smallest absolute Gasteiger partial charge is 0.265 e. The van der Waals surface area contributed by atoms with Crippen LogP contribution in [-0.2, 0) is 16.4 Å². The summed E-state index contributed by atoms with van der Waals surface area (Å²) in [7, 11) is -0.899. The Bertz CT molecular complexity index is 1480. The van der Waals surface area contributed by atoms with Crippen molar-refractivity contribution in [3.63, 3.8) is 0 Å². The van der Waals surface area contributed by atoms with Gasteiger partial charge in [0.2, 0.25) is 0 Å². The molecular weight excluding hydrogens is 492 g/mol. The standard InChI is InChI=1S/C25H23ClN2O4S2/c1-4-16-7-5-6-8-21(16)27-25(29)24-14-17-13-18(9-12-23(17)33-24)28(2)34(30,31)19-10-11-22(32-3)20(26)15-19/h5-15H,4H2,1-3H3,(H,27,29). The van der Waals surface area contributed by atoms with Crippen LogP contribution in [0.15, 0.2) is 71.6 Å². The average molecular weight is 515 g/mol. The van der Waals surface area contributed by atoms with Crippen molar-refractivity contribution in [2.75, 3.05) is 23.8 Å². The molecule has 0 aliphatic rings. The third-order valence-electron chi connectivity index (χ3n) is 5.52. The van der Waals surface area contributed by atoms with Crippen molar-refractivity contribution in [2.45, 2.75) is 18.2 Å². The number of benzene rings is 3. The summed E-state index contributed by atoms with van der Waals surface area (Å²) < 4.78 is 33.5. The molecule has 0 atom stereocenters. The summed E-state index contributed by atoms with van der Waals surface area (Å²) >= 11 is 7.49. The number of amides is 1. The minimum absolute atomic E-state index is 0.0564. The van der Waals surface area contributed by atoms with Gasteiger partial charge in [-0.05, 0) is 65.9 Å². The van der Waals surface area contributed by atoms with E-state index in [4.69, 9.17) is 16.3 Å². The Kier molecular flexibility index (Phi) is 6.84. The van der Waals surface area contributed by atoms with E-state index in [0.29, 0.717) is 16.3 Å². The van der Waals surface area contributed by atoms with Crippen LogP contribution < -0.4 is 14.4 Å². The minimum atomic E-state index is -3.85. The van der Waals surface area contributed by atoms with Gasteiger partial charge in [0.1, 0.15) is 5.75 Å². The lowest BCUT2D eigenvalue weighted by molar-refractivity contribution is 0.103. The molecule has 1 aromatic heterocycles. The molecule has 0 saturated carbocycles. The van der Waals surface area contributed by atoms with E-state index in [2.05, 4.69) is 5.32 Å². The van der Waals surface area contributed by atoms with E-state index in [9.17, 15) is 13.2 Å². The highest BCUT2D eigenvalue weighted by Gasteiger charge is 2.23. The molecule has 6 nitrogen and oxygen atoms in total. The van der Waals surface area contributed by atoms with Crippen molar-refractivity contribution < 1.29 is 17.9 Å². The fourth-order valence-corrected chi connectivity index (χ4v) is 6.05. The van der Waals surface area contributed by atoms with Gasteiger partial charge in [-0.15, -0.1) is 11.3 Å². The molecule has 0 aliphatic heterocycles. The number of sulfonamides is 1. The molecule has 0 radical (unpaired) electrons. The number of anilines is 2. The lowest BCUT2D eigenvalue weighted by Gasteiger charge is -2.20. The Morgan fingerprint density at radius 1 is 1.09 bits per heavy atom. The second kappa shape index (κ2) is 9.66. The van der Waals surface area contributed by atoms with Crippen LogP contribution in [-0.4, -0.2) is 28.5 Å². The molecule has 34 heavy (non-hydrogen) atoms. The number of halogens is 1. The van der Waals surface area contributed by atoms with Gasteiger partial charge in [-0.25, -0.2) is 8.42 Å². The first-order chi connectivity index (χ1) is 16.2. The van der Waals surface area contributed by atoms with Gasteiger partial charge < -0.3 is 10.1 Å². The van der Waals surface area contributed by atoms with E-state index in [1.807, 2.05) is 37.3 Å². The number of rotatable bonds is 7. The molecule has 3 aromatic carbocycles. The number of carbonyl (C=O) groups is 1. The third kappa shape index (κ3) is 4.61. The first-order valence-corrected chi connectivity index (χ1v) is 13.1. The Balaban J connectivity index is 1.61. The summed E-state index contributed by atoms with van der Waals surface area (Å²) in [4.78, 5) is 13.5. The maximum Gasteiger partial charge on any atom is 0.265 e. The van der Waals surface area contributed by atoms with Crippen LogP contribution in [0.3, 0.4) is 0 Å². The minimum Gasteiger partial charge on any atom is -0.495 e. The van der Waals surface area contributed by atoms with Crippen molar-refractivity contribution in [1.29, 1.82) is 0 Å². The van der Waals surface area contributed by atoms with Gasteiger partial charge >= 0.3 is 0 Å². The Hall–Kier alpha value is -3.07. The lowest BCUT2D eigenvalue weighted by atomic mass is 10.1. The predicted molar refractivity (Wildman–Crippen MR) is 139 cm³/mol. The number of nitrogens with one attached hydrogen (secondary N) is 1. The molecule has 0 bridgehead atoms. The zero-order chi connectivity index (χ0) is 24.5. The zero-order valence-electron chi connectivity index (χ0n) is 18.8. The first kappa shape index (κ1) is 24.1. The number of fused-ring (bicyclic) bond motifs is 1. The van der Waals surface area contributed by atoms with Crippen LogP contribution in [0.1, 0.15) is 22.2 Å². The van der Waals surface area contributed by atoms with Crippen molar-refractivity contribution in [2.24, 2.45) is 0 Å². The summed E-state index contributed by atoms with van der Waals surface area (Å²) in [5.41, 5.74) is 2.32. The molecule has 0 spiro atoms. The molecule has 4 aromatic rings. The number of para-hydroxylation sites is 1. The summed E-state index contributed by atoms with van der Waals surface area (Å²) in [6.45, 7) is 2.04. The lowest BCUT2D eigenvalue weighted by Crippen LogP contribution is -2.26. The Morgan fingerprint density at radius 2 is 1.85 bits per heavy atom. The van der Waals surface area contributed by atoms with Crippen LogP contribution in [0.5, 0.6) is 5.75 Å². The van der Waals surface area contributed by atoms with E-state index < -0.39 is 10.0 Å². The number of nitrogens with zero attached hydrogens (tertiary/aromatic N) is 1. The first-order valence-electron chi connectivity index (χ1n) is 10.5. The van der Waals surface area contributed by atoms with Crippen LogP contribution in [0, 0.1) is 0 Å².